The normalized spacial score (nSPS) is 22.7. The molecule has 106 valence electrons. The summed E-state index contributed by atoms with van der Waals surface area (Å²) in [5.74, 6) is 0.549. The maximum Gasteiger partial charge on any atom is 0.333 e. The quantitative estimate of drug-likeness (QED) is 0.664. The molecule has 1 aromatic rings. The van der Waals surface area contributed by atoms with E-state index in [1.807, 2.05) is 18.7 Å². The molecule has 2 rings (SSSR count). The van der Waals surface area contributed by atoms with E-state index in [0.717, 1.165) is 6.42 Å². The predicted octanol–water partition coefficient (Wildman–Crippen LogP) is 2.59. The topological polar surface area (TPSA) is 73.0 Å². The summed E-state index contributed by atoms with van der Waals surface area (Å²) in [6.07, 6.45) is 6.08. The zero-order valence-corrected chi connectivity index (χ0v) is 12.4. The Labute approximate surface area is 117 Å². The number of aryl methyl sites for hydroxylation is 2. The molecule has 2 atom stereocenters. The van der Waals surface area contributed by atoms with Crippen LogP contribution in [0.2, 0.25) is 0 Å². The highest BCUT2D eigenvalue weighted by atomic mass is 32.2. The molecule has 1 N–H and O–H groups in total. The van der Waals surface area contributed by atoms with E-state index >= 15 is 0 Å². The van der Waals surface area contributed by atoms with Crippen molar-refractivity contribution in [1.82, 2.24) is 9.78 Å². The molecule has 0 aromatic carbocycles. The van der Waals surface area contributed by atoms with Crippen LogP contribution in [0, 0.1) is 10.1 Å². The van der Waals surface area contributed by atoms with Crippen LogP contribution in [0.1, 0.15) is 31.9 Å². The van der Waals surface area contributed by atoms with E-state index in [1.54, 1.807) is 11.7 Å². The minimum absolute atomic E-state index is 0.136. The van der Waals surface area contributed by atoms with E-state index in [4.69, 9.17) is 0 Å². The molecule has 1 aromatic heterocycles. The Bertz CT molecular complexity index is 475. The van der Waals surface area contributed by atoms with Gasteiger partial charge in [0.2, 0.25) is 5.82 Å². The molecule has 0 spiro atoms. The van der Waals surface area contributed by atoms with Crippen LogP contribution in [-0.2, 0) is 13.5 Å². The fraction of sp³-hybridized carbons (Fsp3) is 0.750. The molecule has 1 heterocycles. The predicted molar refractivity (Wildman–Crippen MR) is 77.8 cm³/mol. The van der Waals surface area contributed by atoms with Gasteiger partial charge >= 0.3 is 5.69 Å². The summed E-state index contributed by atoms with van der Waals surface area (Å²) >= 11 is 1.83. The fourth-order valence-corrected chi connectivity index (χ4v) is 3.64. The number of nitrogens with one attached hydrogen (secondary N) is 1. The Kier molecular flexibility index (Phi) is 4.34. The summed E-state index contributed by atoms with van der Waals surface area (Å²) in [7, 11) is 1.76. The number of aromatic nitrogens is 2. The third-order valence-corrected chi connectivity index (χ3v) is 4.86. The molecule has 0 bridgehead atoms. The summed E-state index contributed by atoms with van der Waals surface area (Å²) in [4.78, 5) is 10.9. The van der Waals surface area contributed by atoms with Crippen molar-refractivity contribution in [2.24, 2.45) is 7.05 Å². The largest absolute Gasteiger partial charge is 0.361 e. The highest BCUT2D eigenvalue weighted by Crippen LogP contribution is 2.34. The molecule has 19 heavy (non-hydrogen) atoms. The average molecular weight is 284 g/mol. The third kappa shape index (κ3) is 2.70. The van der Waals surface area contributed by atoms with Crippen molar-refractivity contribution < 1.29 is 4.92 Å². The molecule has 1 saturated carbocycles. The van der Waals surface area contributed by atoms with E-state index in [2.05, 4.69) is 16.7 Å². The maximum absolute atomic E-state index is 11.2. The smallest absolute Gasteiger partial charge is 0.333 e. The number of nitro groups is 1. The van der Waals surface area contributed by atoms with Gasteiger partial charge < -0.3 is 5.32 Å². The standard InChI is InChI=1S/C12H20N4O2S/c1-4-8-11(16(17)18)12(15(2)14-8)13-9-6-5-7-10(9)19-3/h9-10,13H,4-7H2,1-3H3. The molecule has 0 aliphatic heterocycles. The van der Waals surface area contributed by atoms with Gasteiger partial charge in [0.05, 0.1) is 4.92 Å². The maximum atomic E-state index is 11.2. The second kappa shape index (κ2) is 5.81. The van der Waals surface area contributed by atoms with Crippen LogP contribution >= 0.6 is 11.8 Å². The van der Waals surface area contributed by atoms with Gasteiger partial charge in [-0.1, -0.05) is 13.3 Å². The van der Waals surface area contributed by atoms with Gasteiger partial charge in [-0.2, -0.15) is 16.9 Å². The van der Waals surface area contributed by atoms with Crippen LogP contribution in [-0.4, -0.2) is 32.3 Å². The minimum Gasteiger partial charge on any atom is -0.361 e. The zero-order valence-electron chi connectivity index (χ0n) is 11.5. The minimum atomic E-state index is -0.322. The van der Waals surface area contributed by atoms with Gasteiger partial charge in [0, 0.05) is 18.3 Å². The van der Waals surface area contributed by atoms with Crippen molar-refractivity contribution in [3.63, 3.8) is 0 Å². The summed E-state index contributed by atoms with van der Waals surface area (Å²) < 4.78 is 1.60. The van der Waals surface area contributed by atoms with Crippen molar-refractivity contribution in [1.29, 1.82) is 0 Å². The number of rotatable bonds is 5. The van der Waals surface area contributed by atoms with Gasteiger partial charge in [0.15, 0.2) is 0 Å². The van der Waals surface area contributed by atoms with Gasteiger partial charge in [-0.25, -0.2) is 4.68 Å². The number of hydrogen-bond acceptors (Lipinski definition) is 5. The average Bonchev–Trinajstić information content (AvgIpc) is 2.94. The first-order valence-corrected chi connectivity index (χ1v) is 7.86. The van der Waals surface area contributed by atoms with Crippen molar-refractivity contribution in [3.05, 3.63) is 15.8 Å². The highest BCUT2D eigenvalue weighted by Gasteiger charge is 2.32. The lowest BCUT2D eigenvalue weighted by atomic mass is 10.2. The summed E-state index contributed by atoms with van der Waals surface area (Å²) in [6.45, 7) is 1.89. The number of nitrogens with zero attached hydrogens (tertiary/aromatic N) is 3. The number of thioether (sulfide) groups is 1. The van der Waals surface area contributed by atoms with Crippen LogP contribution in [0.25, 0.3) is 0 Å². The Morgan fingerprint density at radius 2 is 2.32 bits per heavy atom. The van der Waals surface area contributed by atoms with Gasteiger partial charge in [-0.15, -0.1) is 0 Å². The summed E-state index contributed by atoms with van der Waals surface area (Å²) in [5.41, 5.74) is 0.686. The molecule has 6 nitrogen and oxygen atoms in total. The number of hydrogen-bond donors (Lipinski definition) is 1. The van der Waals surface area contributed by atoms with Gasteiger partial charge in [0.1, 0.15) is 5.69 Å². The van der Waals surface area contributed by atoms with E-state index < -0.39 is 0 Å². The van der Waals surface area contributed by atoms with Crippen molar-refractivity contribution in [2.45, 2.75) is 43.9 Å². The molecule has 0 radical (unpaired) electrons. The zero-order chi connectivity index (χ0) is 14.0. The molecule has 1 aliphatic carbocycles. The van der Waals surface area contributed by atoms with Crippen LogP contribution < -0.4 is 5.32 Å². The molecular formula is C12H20N4O2S. The van der Waals surface area contributed by atoms with Gasteiger partial charge in [-0.05, 0) is 25.5 Å². The monoisotopic (exact) mass is 284 g/mol. The molecular weight excluding hydrogens is 264 g/mol. The third-order valence-electron chi connectivity index (χ3n) is 3.69. The summed E-state index contributed by atoms with van der Waals surface area (Å²) in [6, 6.07) is 0.300. The lowest BCUT2D eigenvalue weighted by Crippen LogP contribution is -2.27. The van der Waals surface area contributed by atoms with Crippen LogP contribution in [0.4, 0.5) is 11.5 Å². The van der Waals surface area contributed by atoms with Crippen LogP contribution in [0.5, 0.6) is 0 Å². The van der Waals surface area contributed by atoms with Crippen LogP contribution in [0.3, 0.4) is 0 Å². The lowest BCUT2D eigenvalue weighted by molar-refractivity contribution is -0.384. The Morgan fingerprint density at radius 3 is 2.89 bits per heavy atom. The Morgan fingerprint density at radius 1 is 1.58 bits per heavy atom. The van der Waals surface area contributed by atoms with Crippen molar-refractivity contribution in [2.75, 3.05) is 11.6 Å². The van der Waals surface area contributed by atoms with Gasteiger partial charge in [-0.3, -0.25) is 10.1 Å². The Balaban J connectivity index is 2.29. The molecule has 2 unspecified atom stereocenters. The van der Waals surface area contributed by atoms with E-state index in [-0.39, 0.29) is 10.6 Å². The van der Waals surface area contributed by atoms with Crippen molar-refractivity contribution >= 4 is 23.3 Å². The first kappa shape index (κ1) is 14.2. The second-order valence-corrected chi connectivity index (χ2v) is 5.91. The van der Waals surface area contributed by atoms with E-state index in [0.29, 0.717) is 29.2 Å². The Hall–Kier alpha value is -1.24. The lowest BCUT2D eigenvalue weighted by Gasteiger charge is -2.19. The SMILES string of the molecule is CCc1nn(C)c(NC2CCCC2SC)c1[N+](=O)[O-]. The second-order valence-electron chi connectivity index (χ2n) is 4.83. The van der Waals surface area contributed by atoms with Crippen LogP contribution in [0.15, 0.2) is 0 Å². The molecule has 0 saturated heterocycles. The molecule has 7 heteroatoms. The first-order chi connectivity index (χ1) is 9.08. The van der Waals surface area contributed by atoms with E-state index in [9.17, 15) is 10.1 Å². The van der Waals surface area contributed by atoms with E-state index in [1.165, 1.54) is 12.8 Å². The fourth-order valence-electron chi connectivity index (χ4n) is 2.71. The highest BCUT2D eigenvalue weighted by molar-refractivity contribution is 7.99. The molecule has 1 fully saturated rings. The van der Waals surface area contributed by atoms with Gasteiger partial charge in [0.25, 0.3) is 0 Å². The van der Waals surface area contributed by atoms with Crippen molar-refractivity contribution in [3.8, 4) is 0 Å². The molecule has 1 aliphatic rings. The summed E-state index contributed by atoms with van der Waals surface area (Å²) in [5, 5.41) is 19.4. The molecule has 0 amide bonds. The number of anilines is 1. The first-order valence-electron chi connectivity index (χ1n) is 6.58.